The minimum absolute atomic E-state index is 0.154. The second kappa shape index (κ2) is 9.67. The lowest BCUT2D eigenvalue weighted by Gasteiger charge is -2.39. The quantitative estimate of drug-likeness (QED) is 0.685. The highest BCUT2D eigenvalue weighted by Crippen LogP contribution is 2.24. The number of carbonyl (C=O) groups is 1. The number of hydrogen-bond donors (Lipinski definition) is 0. The van der Waals surface area contributed by atoms with Crippen LogP contribution >= 0.6 is 0 Å². The second-order valence-electron chi connectivity index (χ2n) is 7.21. The number of carbonyl (C=O) groups excluding carboxylic acids is 1. The Balaban J connectivity index is 1.55. The molecular weight excluding hydrogens is 429 g/mol. The minimum Gasteiger partial charge on any atom is -0.486 e. The highest BCUT2D eigenvalue weighted by Gasteiger charge is 2.40. The first-order valence-corrected chi connectivity index (χ1v) is 9.75. The molecule has 2 aromatic heterocycles. The van der Waals surface area contributed by atoms with Crippen LogP contribution in [0, 0.1) is 11.3 Å². The number of alkyl halides is 3. The van der Waals surface area contributed by atoms with Crippen molar-refractivity contribution in [3.8, 4) is 11.8 Å². The number of nitrogens with zero attached hydrogens (tertiary/aromatic N) is 6. The Morgan fingerprint density at radius 3 is 2.66 bits per heavy atom. The zero-order valence-corrected chi connectivity index (χ0v) is 17.4. The third kappa shape index (κ3) is 5.54. The molecule has 1 unspecified atom stereocenters. The Morgan fingerprint density at radius 1 is 1.31 bits per heavy atom. The molecule has 1 saturated heterocycles. The van der Waals surface area contributed by atoms with Crippen LogP contribution in [-0.2, 0) is 11.3 Å². The lowest BCUT2D eigenvalue weighted by Crippen LogP contribution is -2.55. The standard InChI is InChI=1S/C20H21F3N6O3/c1-13-11-28(19(30)32-14(2)20(21,22)23)5-6-29(13)18-26-9-17(10-27-18)31-12-15-3-4-25-8-16(15)7-24/h3-4,8-10,13-14H,5-6,11-12H2,1-2H3/t13?,14-/m1/s1. The number of pyridine rings is 1. The number of halogens is 3. The van der Waals surface area contributed by atoms with Crippen molar-refractivity contribution in [2.75, 3.05) is 24.5 Å². The van der Waals surface area contributed by atoms with Gasteiger partial charge in [0.1, 0.15) is 12.7 Å². The molecule has 0 aliphatic carbocycles. The van der Waals surface area contributed by atoms with E-state index in [2.05, 4.69) is 19.7 Å². The number of aromatic nitrogens is 3. The summed E-state index contributed by atoms with van der Waals surface area (Å²) in [5.41, 5.74) is 1.10. The number of amides is 1. The average Bonchev–Trinajstić information content (AvgIpc) is 2.77. The van der Waals surface area contributed by atoms with Gasteiger partial charge in [0.05, 0.1) is 18.0 Å². The Kier molecular flexibility index (Phi) is 6.97. The number of hydrogen-bond acceptors (Lipinski definition) is 8. The summed E-state index contributed by atoms with van der Waals surface area (Å²) in [6.45, 7) is 3.44. The highest BCUT2D eigenvalue weighted by molar-refractivity contribution is 5.68. The molecule has 3 rings (SSSR count). The van der Waals surface area contributed by atoms with Crippen molar-refractivity contribution in [3.05, 3.63) is 42.0 Å². The van der Waals surface area contributed by atoms with Crippen LogP contribution in [0.3, 0.4) is 0 Å². The van der Waals surface area contributed by atoms with Gasteiger partial charge in [-0.15, -0.1) is 0 Å². The van der Waals surface area contributed by atoms with E-state index in [-0.39, 0.29) is 25.7 Å². The highest BCUT2D eigenvalue weighted by atomic mass is 19.4. The predicted octanol–water partition coefficient (Wildman–Crippen LogP) is 2.92. The number of anilines is 1. The Bertz CT molecular complexity index is 980. The van der Waals surface area contributed by atoms with Crippen LogP contribution in [0.2, 0.25) is 0 Å². The summed E-state index contributed by atoms with van der Waals surface area (Å²) in [7, 11) is 0. The smallest absolute Gasteiger partial charge is 0.425 e. The van der Waals surface area contributed by atoms with Crippen molar-refractivity contribution < 1.29 is 27.4 Å². The summed E-state index contributed by atoms with van der Waals surface area (Å²) in [6, 6.07) is 3.50. The van der Waals surface area contributed by atoms with Crippen LogP contribution in [0.15, 0.2) is 30.9 Å². The Hall–Kier alpha value is -3.62. The van der Waals surface area contributed by atoms with E-state index in [0.717, 1.165) is 6.92 Å². The van der Waals surface area contributed by atoms with Crippen LogP contribution < -0.4 is 9.64 Å². The van der Waals surface area contributed by atoms with Crippen molar-refractivity contribution in [1.29, 1.82) is 5.26 Å². The monoisotopic (exact) mass is 450 g/mol. The molecule has 1 fully saturated rings. The van der Waals surface area contributed by atoms with Gasteiger partial charge in [0.2, 0.25) is 5.95 Å². The molecule has 0 radical (unpaired) electrons. The molecular formula is C20H21F3N6O3. The predicted molar refractivity (Wildman–Crippen MR) is 106 cm³/mol. The van der Waals surface area contributed by atoms with E-state index in [1.165, 1.54) is 23.5 Å². The van der Waals surface area contributed by atoms with Crippen LogP contribution in [0.4, 0.5) is 23.9 Å². The lowest BCUT2D eigenvalue weighted by molar-refractivity contribution is -0.199. The fourth-order valence-corrected chi connectivity index (χ4v) is 3.06. The SMILES string of the molecule is CC1CN(C(=O)O[C@H](C)C(F)(F)F)CCN1c1ncc(OCc2ccncc2C#N)cn1. The van der Waals surface area contributed by atoms with Crippen LogP contribution in [-0.4, -0.2) is 63.9 Å². The van der Waals surface area contributed by atoms with Crippen molar-refractivity contribution in [2.45, 2.75) is 38.8 Å². The number of piperazine rings is 1. The summed E-state index contributed by atoms with van der Waals surface area (Å²) >= 11 is 0. The molecule has 1 aliphatic rings. The fraction of sp³-hybridized carbons (Fsp3) is 0.450. The fourth-order valence-electron chi connectivity index (χ4n) is 3.06. The molecule has 170 valence electrons. The van der Waals surface area contributed by atoms with Crippen LogP contribution in [0.5, 0.6) is 5.75 Å². The number of rotatable bonds is 5. The summed E-state index contributed by atoms with van der Waals surface area (Å²) in [5.74, 6) is 0.814. The average molecular weight is 450 g/mol. The summed E-state index contributed by atoms with van der Waals surface area (Å²) < 4.78 is 48.0. The molecule has 32 heavy (non-hydrogen) atoms. The maximum Gasteiger partial charge on any atom is 0.425 e. The van der Waals surface area contributed by atoms with Crippen molar-refractivity contribution in [1.82, 2.24) is 19.9 Å². The van der Waals surface area contributed by atoms with Gasteiger partial charge in [0, 0.05) is 43.6 Å². The number of nitriles is 1. The maximum atomic E-state index is 12.6. The van der Waals surface area contributed by atoms with E-state index in [0.29, 0.717) is 29.4 Å². The zero-order chi connectivity index (χ0) is 23.3. The van der Waals surface area contributed by atoms with Gasteiger partial charge in [0.15, 0.2) is 11.9 Å². The molecule has 0 bridgehead atoms. The molecule has 0 N–H and O–H groups in total. The van der Waals surface area contributed by atoms with Gasteiger partial charge in [0.25, 0.3) is 0 Å². The van der Waals surface area contributed by atoms with Gasteiger partial charge in [-0.3, -0.25) is 4.98 Å². The molecule has 0 spiro atoms. The molecule has 1 aliphatic heterocycles. The third-order valence-corrected chi connectivity index (χ3v) is 4.92. The van der Waals surface area contributed by atoms with Crippen molar-refractivity contribution in [3.63, 3.8) is 0 Å². The second-order valence-corrected chi connectivity index (χ2v) is 7.21. The molecule has 3 heterocycles. The van der Waals surface area contributed by atoms with Crippen LogP contribution in [0.1, 0.15) is 25.0 Å². The van der Waals surface area contributed by atoms with Gasteiger partial charge in [-0.2, -0.15) is 18.4 Å². The minimum atomic E-state index is -4.60. The van der Waals surface area contributed by atoms with Crippen molar-refractivity contribution in [2.24, 2.45) is 0 Å². The van der Waals surface area contributed by atoms with E-state index >= 15 is 0 Å². The maximum absolute atomic E-state index is 12.6. The van der Waals surface area contributed by atoms with Gasteiger partial charge in [-0.05, 0) is 19.9 Å². The van der Waals surface area contributed by atoms with Gasteiger partial charge >= 0.3 is 12.3 Å². The Morgan fingerprint density at radius 2 is 2.03 bits per heavy atom. The van der Waals surface area contributed by atoms with Crippen LogP contribution in [0.25, 0.3) is 0 Å². The lowest BCUT2D eigenvalue weighted by atomic mass is 10.2. The summed E-state index contributed by atoms with van der Waals surface area (Å²) in [4.78, 5) is 27.6. The molecule has 2 aromatic rings. The largest absolute Gasteiger partial charge is 0.486 e. The summed E-state index contributed by atoms with van der Waals surface area (Å²) in [5, 5.41) is 9.09. The number of ether oxygens (including phenoxy) is 2. The van der Waals surface area contributed by atoms with E-state index in [1.807, 2.05) is 17.9 Å². The first kappa shape index (κ1) is 23.1. The van der Waals surface area contributed by atoms with Gasteiger partial charge in [-0.1, -0.05) is 0 Å². The molecule has 0 saturated carbocycles. The molecule has 12 heteroatoms. The van der Waals surface area contributed by atoms with E-state index in [1.54, 1.807) is 12.3 Å². The van der Waals surface area contributed by atoms with Crippen molar-refractivity contribution >= 4 is 12.0 Å². The van der Waals surface area contributed by atoms with E-state index in [9.17, 15) is 18.0 Å². The first-order valence-electron chi connectivity index (χ1n) is 9.75. The third-order valence-electron chi connectivity index (χ3n) is 4.92. The Labute approximate surface area is 182 Å². The van der Waals surface area contributed by atoms with E-state index < -0.39 is 18.4 Å². The van der Waals surface area contributed by atoms with Gasteiger partial charge < -0.3 is 19.3 Å². The molecule has 1 amide bonds. The zero-order valence-electron chi connectivity index (χ0n) is 17.4. The van der Waals surface area contributed by atoms with E-state index in [4.69, 9.17) is 10.00 Å². The normalized spacial score (nSPS) is 17.4. The van der Waals surface area contributed by atoms with Gasteiger partial charge in [-0.25, -0.2) is 14.8 Å². The first-order chi connectivity index (χ1) is 15.2. The molecule has 2 atom stereocenters. The molecule has 9 nitrogen and oxygen atoms in total. The molecule has 0 aromatic carbocycles. The summed E-state index contributed by atoms with van der Waals surface area (Å²) in [6.07, 6.45) is -1.76. The topological polar surface area (TPSA) is 104 Å².